The van der Waals surface area contributed by atoms with Crippen molar-refractivity contribution in [2.24, 2.45) is 11.5 Å². The summed E-state index contributed by atoms with van der Waals surface area (Å²) < 4.78 is 24.1. The number of fused-ring (bicyclic) bond motifs is 1. The minimum absolute atomic E-state index is 0.0457. The van der Waals surface area contributed by atoms with E-state index in [-0.39, 0.29) is 34.1 Å². The molecule has 2 atom stereocenters. The second-order valence-electron chi connectivity index (χ2n) is 7.83. The van der Waals surface area contributed by atoms with Gasteiger partial charge in [-0.15, -0.1) is 0 Å². The lowest BCUT2D eigenvalue weighted by atomic mass is 10.1. The van der Waals surface area contributed by atoms with Gasteiger partial charge in [-0.25, -0.2) is 18.4 Å². The third-order valence-corrected chi connectivity index (χ3v) is 8.32. The number of H-pyrrole nitrogens is 1. The molecule has 0 unspecified atom stereocenters. The first kappa shape index (κ1) is 21.6. The van der Waals surface area contributed by atoms with Gasteiger partial charge in [0.25, 0.3) is 5.91 Å². The summed E-state index contributed by atoms with van der Waals surface area (Å²) in [5, 5.41) is 4.15. The normalized spacial score (nSPS) is 20.8. The average molecular weight is 462 g/mol. The third-order valence-electron chi connectivity index (χ3n) is 5.36. The molecule has 164 valence electrons. The Labute approximate surface area is 183 Å². The summed E-state index contributed by atoms with van der Waals surface area (Å²) in [6, 6.07) is 7.04. The molecular formula is C20H25N6O3S2+. The van der Waals surface area contributed by atoms with Crippen molar-refractivity contribution in [1.82, 2.24) is 15.0 Å². The van der Waals surface area contributed by atoms with Crippen molar-refractivity contribution in [2.45, 2.75) is 23.4 Å². The Hall–Kier alpha value is -2.63. The molecule has 1 aliphatic heterocycles. The van der Waals surface area contributed by atoms with Crippen LogP contribution in [0.25, 0.3) is 22.3 Å². The number of anilines is 1. The van der Waals surface area contributed by atoms with E-state index in [2.05, 4.69) is 32.8 Å². The first-order valence-corrected chi connectivity index (χ1v) is 13.6. The average Bonchev–Trinajstić information content (AvgIpc) is 3.10. The van der Waals surface area contributed by atoms with Gasteiger partial charge in [0, 0.05) is 16.9 Å². The monoisotopic (exact) mass is 461 g/mol. The number of nitrogens with zero attached hydrogens (tertiary/aromatic N) is 2. The van der Waals surface area contributed by atoms with Gasteiger partial charge in [0.2, 0.25) is 0 Å². The van der Waals surface area contributed by atoms with E-state index in [0.717, 1.165) is 15.8 Å². The molecule has 0 radical (unpaired) electrons. The molecule has 11 heteroatoms. The molecule has 6 N–H and O–H groups in total. The predicted molar refractivity (Wildman–Crippen MR) is 124 cm³/mol. The zero-order valence-corrected chi connectivity index (χ0v) is 18.9. The molecule has 3 heterocycles. The van der Waals surface area contributed by atoms with Crippen molar-refractivity contribution in [1.29, 1.82) is 0 Å². The van der Waals surface area contributed by atoms with E-state index in [1.54, 1.807) is 0 Å². The van der Waals surface area contributed by atoms with Gasteiger partial charge in [-0.1, -0.05) is 12.1 Å². The van der Waals surface area contributed by atoms with Gasteiger partial charge in [0.15, 0.2) is 20.4 Å². The van der Waals surface area contributed by atoms with Crippen molar-refractivity contribution in [2.75, 3.05) is 29.3 Å². The van der Waals surface area contributed by atoms with Gasteiger partial charge in [0.1, 0.15) is 29.7 Å². The third kappa shape index (κ3) is 4.25. The molecule has 1 saturated heterocycles. The van der Waals surface area contributed by atoms with E-state index in [0.29, 0.717) is 23.6 Å². The van der Waals surface area contributed by atoms with Gasteiger partial charge in [-0.05, 0) is 18.6 Å². The van der Waals surface area contributed by atoms with Gasteiger partial charge in [0.05, 0.1) is 34.6 Å². The van der Waals surface area contributed by atoms with E-state index < -0.39 is 21.8 Å². The Bertz CT molecular complexity index is 1260. The number of hydrogen-bond donors (Lipinski definition) is 4. The fourth-order valence-electron chi connectivity index (χ4n) is 3.86. The summed E-state index contributed by atoms with van der Waals surface area (Å²) in [6.07, 6.45) is 5.94. The lowest BCUT2D eigenvalue weighted by Gasteiger charge is -2.29. The van der Waals surface area contributed by atoms with E-state index in [9.17, 15) is 13.2 Å². The molecule has 1 aromatic carbocycles. The number of nitrogens with one attached hydrogen (secondary N) is 2. The van der Waals surface area contributed by atoms with Crippen LogP contribution in [0.1, 0.15) is 16.9 Å². The number of nitrogens with two attached hydrogens (primary N) is 2. The Morgan fingerprint density at radius 3 is 2.74 bits per heavy atom. The van der Waals surface area contributed by atoms with Crippen molar-refractivity contribution in [3.8, 4) is 11.4 Å². The molecule has 0 bridgehead atoms. The van der Waals surface area contributed by atoms with Crippen molar-refractivity contribution in [3.63, 3.8) is 0 Å². The van der Waals surface area contributed by atoms with E-state index in [4.69, 9.17) is 11.5 Å². The summed E-state index contributed by atoms with van der Waals surface area (Å²) in [6.45, 7) is 0. The molecule has 3 aromatic rings. The van der Waals surface area contributed by atoms with E-state index >= 15 is 0 Å². The molecule has 1 amide bonds. The largest absolute Gasteiger partial charge is 0.364 e. The highest BCUT2D eigenvalue weighted by Crippen LogP contribution is 2.34. The number of para-hydroxylation sites is 1. The highest BCUT2D eigenvalue weighted by atomic mass is 32.2. The minimum Gasteiger partial charge on any atom is -0.364 e. The van der Waals surface area contributed by atoms with Crippen molar-refractivity contribution in [3.05, 3.63) is 36.2 Å². The lowest BCUT2D eigenvalue weighted by molar-refractivity contribution is 0.0996. The maximum absolute atomic E-state index is 12.1. The maximum Gasteiger partial charge on any atom is 0.269 e. The topological polar surface area (TPSA) is 157 Å². The summed E-state index contributed by atoms with van der Waals surface area (Å²) in [4.78, 5) is 25.4. The van der Waals surface area contributed by atoms with Gasteiger partial charge < -0.3 is 21.8 Å². The number of benzene rings is 1. The standard InChI is InChI=1S/C20H24N6O3S2/c1-30(2)19-11-5-3-4-6-13(11)25-17(19)16-18(20(22)27)23-9-15(26-16)24-14-10-31(28,29)8-7-12(14)21/h3-6,9,12,14H,7-8,10,21H2,1-2H3,(H3-,22,24,25,26,27)/p+1/t12-,14+/m0/s1. The molecule has 2 aromatic heterocycles. The molecule has 31 heavy (non-hydrogen) atoms. The summed E-state index contributed by atoms with van der Waals surface area (Å²) in [7, 11) is -3.33. The molecule has 0 saturated carbocycles. The molecular weight excluding hydrogens is 436 g/mol. The quantitative estimate of drug-likeness (QED) is 0.411. The number of rotatable bonds is 5. The Balaban J connectivity index is 1.82. The van der Waals surface area contributed by atoms with E-state index in [1.807, 2.05) is 24.3 Å². The highest BCUT2D eigenvalue weighted by molar-refractivity contribution is 7.95. The maximum atomic E-state index is 12.1. The van der Waals surface area contributed by atoms with Crippen molar-refractivity contribution >= 4 is 43.4 Å². The predicted octanol–water partition coefficient (Wildman–Crippen LogP) is 0.887. The molecule has 9 nitrogen and oxygen atoms in total. The van der Waals surface area contributed by atoms with Crippen LogP contribution in [0.2, 0.25) is 0 Å². The zero-order chi connectivity index (χ0) is 22.3. The molecule has 1 aliphatic rings. The summed E-state index contributed by atoms with van der Waals surface area (Å²) in [5.41, 5.74) is 13.7. The first-order valence-electron chi connectivity index (χ1n) is 9.74. The van der Waals surface area contributed by atoms with Crippen LogP contribution in [0, 0.1) is 0 Å². The van der Waals surface area contributed by atoms with Crippen LogP contribution in [-0.2, 0) is 20.7 Å². The number of aromatic amines is 1. The van der Waals surface area contributed by atoms with Crippen LogP contribution in [0.15, 0.2) is 35.4 Å². The molecule has 4 rings (SSSR count). The van der Waals surface area contributed by atoms with Gasteiger partial charge in [-0.2, -0.15) is 0 Å². The minimum atomic E-state index is -3.17. The van der Waals surface area contributed by atoms with E-state index in [1.165, 1.54) is 6.20 Å². The number of sulfone groups is 1. The first-order chi connectivity index (χ1) is 14.7. The summed E-state index contributed by atoms with van der Waals surface area (Å²) >= 11 is 0. The van der Waals surface area contributed by atoms with Gasteiger partial charge >= 0.3 is 0 Å². The van der Waals surface area contributed by atoms with Crippen LogP contribution in [0.3, 0.4) is 0 Å². The Morgan fingerprint density at radius 2 is 2.03 bits per heavy atom. The fourth-order valence-corrected chi connectivity index (χ4v) is 6.71. The van der Waals surface area contributed by atoms with Crippen LogP contribution < -0.4 is 16.8 Å². The van der Waals surface area contributed by atoms with Crippen LogP contribution in [0.5, 0.6) is 0 Å². The molecule has 0 spiro atoms. The van der Waals surface area contributed by atoms with Crippen molar-refractivity contribution < 1.29 is 13.2 Å². The smallest absolute Gasteiger partial charge is 0.269 e. The highest BCUT2D eigenvalue weighted by Gasteiger charge is 2.32. The number of carbonyl (C=O) groups is 1. The zero-order valence-electron chi connectivity index (χ0n) is 17.3. The SMILES string of the molecule is C[S+](C)c1c(-c2nc(N[C@@H]3CS(=O)(=O)CC[C@@H]3N)cnc2C(N)=O)[nH]c2ccccc12. The second kappa shape index (κ2) is 8.13. The lowest BCUT2D eigenvalue weighted by Crippen LogP contribution is -2.50. The Morgan fingerprint density at radius 1 is 1.29 bits per heavy atom. The number of aromatic nitrogens is 3. The fraction of sp³-hybridized carbons (Fsp3) is 0.350. The number of carbonyl (C=O) groups excluding carboxylic acids is 1. The molecule has 1 fully saturated rings. The van der Waals surface area contributed by atoms with Crippen LogP contribution >= 0.6 is 0 Å². The van der Waals surface area contributed by atoms with Gasteiger partial charge in [-0.3, -0.25) is 4.79 Å². The summed E-state index contributed by atoms with van der Waals surface area (Å²) in [5.74, 6) is -0.345. The number of hydrogen-bond acceptors (Lipinski definition) is 7. The Kier molecular flexibility index (Phi) is 5.67. The van der Waals surface area contributed by atoms with Crippen LogP contribution in [0.4, 0.5) is 5.82 Å². The number of primary amides is 1. The second-order valence-corrected chi connectivity index (χ2v) is 12.1. The van der Waals surface area contributed by atoms with Crippen LogP contribution in [-0.4, -0.2) is 65.4 Å². The number of amides is 1. The molecule has 0 aliphatic carbocycles.